The van der Waals surface area contributed by atoms with Gasteiger partial charge in [-0.25, -0.2) is 13.1 Å². The second kappa shape index (κ2) is 8.68. The summed E-state index contributed by atoms with van der Waals surface area (Å²) in [7, 11) is -0.735. The molecule has 0 atom stereocenters. The first-order chi connectivity index (χ1) is 12.4. The number of methoxy groups -OCH3 is 2. The molecule has 0 heterocycles. The van der Waals surface area contributed by atoms with Crippen LogP contribution in [0.1, 0.15) is 18.9 Å². The van der Waals surface area contributed by atoms with Crippen molar-refractivity contribution < 1.29 is 22.7 Å². The van der Waals surface area contributed by atoms with Crippen molar-refractivity contribution in [3.05, 3.63) is 48.0 Å². The summed E-state index contributed by atoms with van der Waals surface area (Å²) >= 11 is 0. The molecule has 0 spiro atoms. The largest absolute Gasteiger partial charge is 0.497 e. The molecule has 0 aliphatic carbocycles. The zero-order chi connectivity index (χ0) is 19.2. The second-order valence-corrected chi connectivity index (χ2v) is 7.20. The summed E-state index contributed by atoms with van der Waals surface area (Å²) in [5.41, 5.74) is 1.11. The standard InChI is InChI=1S/C18H22N2O5S/c1-4-18(21)20-16-11-15(9-10-17(16)25-3)26(22,23)19-12-13-5-7-14(24-2)8-6-13/h5-11,19H,4,12H2,1-3H3,(H,20,21). The van der Waals surface area contributed by atoms with E-state index >= 15 is 0 Å². The summed E-state index contributed by atoms with van der Waals surface area (Å²) in [6.07, 6.45) is 0.274. The fourth-order valence-electron chi connectivity index (χ4n) is 2.20. The van der Waals surface area contributed by atoms with Crippen molar-refractivity contribution >= 4 is 21.6 Å². The molecule has 1 amide bonds. The smallest absolute Gasteiger partial charge is 0.240 e. The van der Waals surface area contributed by atoms with E-state index in [0.717, 1.165) is 5.56 Å². The lowest BCUT2D eigenvalue weighted by atomic mass is 10.2. The van der Waals surface area contributed by atoms with Crippen LogP contribution in [0.3, 0.4) is 0 Å². The van der Waals surface area contributed by atoms with Crippen molar-refractivity contribution in [3.63, 3.8) is 0 Å². The highest BCUT2D eigenvalue weighted by Crippen LogP contribution is 2.27. The topological polar surface area (TPSA) is 93.7 Å². The highest BCUT2D eigenvalue weighted by Gasteiger charge is 2.17. The van der Waals surface area contributed by atoms with Gasteiger partial charge in [0, 0.05) is 13.0 Å². The summed E-state index contributed by atoms with van der Waals surface area (Å²) in [6.45, 7) is 1.84. The molecule has 0 bridgehead atoms. The van der Waals surface area contributed by atoms with Crippen LogP contribution in [-0.4, -0.2) is 28.5 Å². The van der Waals surface area contributed by atoms with Gasteiger partial charge in [0.2, 0.25) is 15.9 Å². The molecule has 2 N–H and O–H groups in total. The van der Waals surface area contributed by atoms with E-state index < -0.39 is 10.0 Å². The van der Waals surface area contributed by atoms with Crippen molar-refractivity contribution in [2.45, 2.75) is 24.8 Å². The molecule has 0 unspecified atom stereocenters. The molecule has 0 radical (unpaired) electrons. The molecular weight excluding hydrogens is 356 g/mol. The van der Waals surface area contributed by atoms with Gasteiger partial charge >= 0.3 is 0 Å². The molecular formula is C18H22N2O5S. The first kappa shape index (κ1) is 19.7. The van der Waals surface area contributed by atoms with Crippen LogP contribution in [-0.2, 0) is 21.4 Å². The third kappa shape index (κ3) is 4.96. The number of rotatable bonds is 8. The average molecular weight is 378 g/mol. The summed E-state index contributed by atoms with van der Waals surface area (Å²) in [5.74, 6) is 0.855. The molecule has 2 aromatic carbocycles. The minimum atomic E-state index is -3.75. The number of benzene rings is 2. The van der Waals surface area contributed by atoms with E-state index in [4.69, 9.17) is 9.47 Å². The van der Waals surface area contributed by atoms with Gasteiger partial charge in [-0.1, -0.05) is 19.1 Å². The number of nitrogens with one attached hydrogen (secondary N) is 2. The predicted octanol–water partition coefficient (Wildman–Crippen LogP) is 2.53. The van der Waals surface area contributed by atoms with Gasteiger partial charge in [0.1, 0.15) is 11.5 Å². The van der Waals surface area contributed by atoms with Gasteiger partial charge < -0.3 is 14.8 Å². The predicted molar refractivity (Wildman–Crippen MR) is 98.9 cm³/mol. The Bertz CT molecular complexity index is 864. The first-order valence-electron chi connectivity index (χ1n) is 8.00. The van der Waals surface area contributed by atoms with E-state index in [0.29, 0.717) is 17.2 Å². The van der Waals surface area contributed by atoms with Crippen LogP contribution in [0.2, 0.25) is 0 Å². The van der Waals surface area contributed by atoms with Crippen LogP contribution in [0, 0.1) is 0 Å². The van der Waals surface area contributed by atoms with Gasteiger partial charge in [-0.3, -0.25) is 4.79 Å². The van der Waals surface area contributed by atoms with Crippen LogP contribution in [0.25, 0.3) is 0 Å². The van der Waals surface area contributed by atoms with E-state index in [-0.39, 0.29) is 23.8 Å². The molecule has 8 heteroatoms. The molecule has 140 valence electrons. The van der Waals surface area contributed by atoms with E-state index in [2.05, 4.69) is 10.0 Å². The van der Waals surface area contributed by atoms with E-state index in [1.807, 2.05) is 0 Å². The number of amides is 1. The zero-order valence-corrected chi connectivity index (χ0v) is 15.7. The lowest BCUT2D eigenvalue weighted by Crippen LogP contribution is -2.23. The second-order valence-electron chi connectivity index (χ2n) is 5.44. The number of hydrogen-bond acceptors (Lipinski definition) is 5. The third-order valence-electron chi connectivity index (χ3n) is 3.70. The summed E-state index contributed by atoms with van der Waals surface area (Å²) in [6, 6.07) is 11.4. The maximum absolute atomic E-state index is 12.5. The van der Waals surface area contributed by atoms with E-state index in [9.17, 15) is 13.2 Å². The Morgan fingerprint density at radius 1 is 1.04 bits per heavy atom. The van der Waals surface area contributed by atoms with Gasteiger partial charge in [-0.05, 0) is 35.9 Å². The molecule has 0 aliphatic heterocycles. The molecule has 0 saturated carbocycles. The average Bonchev–Trinajstić information content (AvgIpc) is 2.66. The third-order valence-corrected chi connectivity index (χ3v) is 5.10. The number of anilines is 1. The summed E-state index contributed by atoms with van der Waals surface area (Å²) < 4.78 is 37.9. The van der Waals surface area contributed by atoms with Crippen LogP contribution in [0.15, 0.2) is 47.4 Å². The van der Waals surface area contributed by atoms with Crippen molar-refractivity contribution in [1.29, 1.82) is 0 Å². The van der Waals surface area contributed by atoms with E-state index in [1.54, 1.807) is 38.3 Å². The fraction of sp³-hybridized carbons (Fsp3) is 0.278. The number of sulfonamides is 1. The summed E-state index contributed by atoms with van der Waals surface area (Å²) in [4.78, 5) is 11.7. The Hall–Kier alpha value is -2.58. The lowest BCUT2D eigenvalue weighted by Gasteiger charge is -2.13. The highest BCUT2D eigenvalue weighted by molar-refractivity contribution is 7.89. The number of carbonyl (C=O) groups excluding carboxylic acids is 1. The minimum absolute atomic E-state index is 0.0400. The SMILES string of the molecule is CCC(=O)Nc1cc(S(=O)(=O)NCc2ccc(OC)cc2)ccc1OC. The Morgan fingerprint density at radius 3 is 2.31 bits per heavy atom. The Balaban J connectivity index is 2.18. The normalized spacial score (nSPS) is 11.0. The molecule has 0 fully saturated rings. The van der Waals surface area contributed by atoms with Crippen LogP contribution in [0.5, 0.6) is 11.5 Å². The molecule has 0 aromatic heterocycles. The van der Waals surface area contributed by atoms with Gasteiger partial charge in [0.05, 0.1) is 24.8 Å². The molecule has 0 aliphatic rings. The van der Waals surface area contributed by atoms with Gasteiger partial charge in [0.25, 0.3) is 0 Å². The van der Waals surface area contributed by atoms with Crippen molar-refractivity contribution in [3.8, 4) is 11.5 Å². The maximum atomic E-state index is 12.5. The highest BCUT2D eigenvalue weighted by atomic mass is 32.2. The number of hydrogen-bond donors (Lipinski definition) is 2. The van der Waals surface area contributed by atoms with Crippen LogP contribution < -0.4 is 19.5 Å². The first-order valence-corrected chi connectivity index (χ1v) is 9.48. The maximum Gasteiger partial charge on any atom is 0.240 e. The Labute approximate surface area is 153 Å². The number of carbonyl (C=O) groups is 1. The lowest BCUT2D eigenvalue weighted by molar-refractivity contribution is -0.115. The minimum Gasteiger partial charge on any atom is -0.497 e. The monoisotopic (exact) mass is 378 g/mol. The Morgan fingerprint density at radius 2 is 1.73 bits per heavy atom. The van der Waals surface area contributed by atoms with Crippen molar-refractivity contribution in [2.75, 3.05) is 19.5 Å². The molecule has 0 saturated heterocycles. The fourth-order valence-corrected chi connectivity index (χ4v) is 3.24. The molecule has 2 aromatic rings. The van der Waals surface area contributed by atoms with Gasteiger partial charge in [-0.15, -0.1) is 0 Å². The molecule has 26 heavy (non-hydrogen) atoms. The van der Waals surface area contributed by atoms with Crippen molar-refractivity contribution in [2.24, 2.45) is 0 Å². The van der Waals surface area contributed by atoms with Gasteiger partial charge in [0.15, 0.2) is 0 Å². The quantitative estimate of drug-likeness (QED) is 0.736. The van der Waals surface area contributed by atoms with E-state index in [1.165, 1.54) is 25.3 Å². The van der Waals surface area contributed by atoms with Gasteiger partial charge in [-0.2, -0.15) is 0 Å². The zero-order valence-electron chi connectivity index (χ0n) is 14.9. The van der Waals surface area contributed by atoms with Crippen LogP contribution in [0.4, 0.5) is 5.69 Å². The Kier molecular flexibility index (Phi) is 6.59. The molecule has 2 rings (SSSR count). The molecule has 7 nitrogen and oxygen atoms in total. The number of ether oxygens (including phenoxy) is 2. The van der Waals surface area contributed by atoms with Crippen LogP contribution >= 0.6 is 0 Å². The summed E-state index contributed by atoms with van der Waals surface area (Å²) in [5, 5.41) is 2.64. The van der Waals surface area contributed by atoms with Crippen molar-refractivity contribution in [1.82, 2.24) is 4.72 Å².